The van der Waals surface area contributed by atoms with Gasteiger partial charge in [0.15, 0.2) is 0 Å². The molecule has 1 atom stereocenters. The van der Waals surface area contributed by atoms with Gasteiger partial charge in [-0.1, -0.05) is 31.4 Å². The maximum atomic E-state index is 12.1. The molecule has 0 spiro atoms. The summed E-state index contributed by atoms with van der Waals surface area (Å²) in [5.41, 5.74) is 0.495. The quantitative estimate of drug-likeness (QED) is 0.789. The predicted octanol–water partition coefficient (Wildman–Crippen LogP) is 2.33. The Morgan fingerprint density at radius 1 is 1.16 bits per heavy atom. The Bertz CT molecular complexity index is 445. The number of carbonyl (C=O) groups excluding carboxylic acids is 2. The van der Waals surface area contributed by atoms with E-state index in [1.807, 2.05) is 6.07 Å². The van der Waals surface area contributed by atoms with E-state index >= 15 is 0 Å². The van der Waals surface area contributed by atoms with Crippen LogP contribution in [0.3, 0.4) is 0 Å². The minimum Gasteiger partial charge on any atom is -0.493 e. The van der Waals surface area contributed by atoms with Crippen LogP contribution in [0.25, 0.3) is 0 Å². The smallest absolute Gasteiger partial charge is 0.255 e. The first kappa shape index (κ1) is 13.6. The molecule has 1 aliphatic rings. The second-order valence-corrected chi connectivity index (χ2v) is 4.76. The van der Waals surface area contributed by atoms with Crippen molar-refractivity contribution in [2.24, 2.45) is 0 Å². The van der Waals surface area contributed by atoms with E-state index in [-0.39, 0.29) is 5.91 Å². The van der Waals surface area contributed by atoms with Crippen LogP contribution in [-0.4, -0.2) is 24.8 Å². The lowest BCUT2D eigenvalue weighted by molar-refractivity contribution is -0.109. The number of hydrogen-bond donors (Lipinski definition) is 1. The first-order valence-electron chi connectivity index (χ1n) is 6.79. The lowest BCUT2D eigenvalue weighted by Gasteiger charge is -2.16. The molecule has 0 aliphatic carbocycles. The van der Waals surface area contributed by atoms with Crippen LogP contribution >= 0.6 is 0 Å². The fourth-order valence-electron chi connectivity index (χ4n) is 2.20. The third kappa shape index (κ3) is 3.81. The molecule has 0 unspecified atom stereocenters. The molecule has 19 heavy (non-hydrogen) atoms. The zero-order chi connectivity index (χ0) is 13.5. The Kier molecular flexibility index (Phi) is 4.95. The molecule has 0 bridgehead atoms. The van der Waals surface area contributed by atoms with Gasteiger partial charge >= 0.3 is 0 Å². The summed E-state index contributed by atoms with van der Waals surface area (Å²) in [6, 6.07) is 6.74. The van der Waals surface area contributed by atoms with Crippen molar-refractivity contribution < 1.29 is 14.3 Å². The average Bonchev–Trinajstić information content (AvgIpc) is 2.43. The summed E-state index contributed by atoms with van der Waals surface area (Å²) < 4.78 is 5.65. The number of nitrogens with one attached hydrogen (secondary N) is 1. The molecule has 0 saturated carbocycles. The second-order valence-electron chi connectivity index (χ2n) is 4.76. The number of fused-ring (bicyclic) bond motifs is 1. The molecule has 4 heteroatoms. The standard InChI is InChI=1S/C15H19NO3/c17-11-12-7-3-1-2-6-10-19-14-9-5-4-8-13(14)15(18)16-12/h4-5,8-9,11-12H,1-3,6-7,10H2,(H,16,18)/t12-/m0/s1. The third-order valence-electron chi connectivity index (χ3n) is 3.28. The highest BCUT2D eigenvalue weighted by molar-refractivity contribution is 5.98. The van der Waals surface area contributed by atoms with Crippen molar-refractivity contribution in [3.05, 3.63) is 29.8 Å². The molecule has 0 saturated heterocycles. The monoisotopic (exact) mass is 261 g/mol. The summed E-state index contributed by atoms with van der Waals surface area (Å²) in [7, 11) is 0. The van der Waals surface area contributed by atoms with Gasteiger partial charge in [0.1, 0.15) is 12.0 Å². The van der Waals surface area contributed by atoms with Gasteiger partial charge in [0.25, 0.3) is 5.91 Å². The number of benzene rings is 1. The van der Waals surface area contributed by atoms with Crippen molar-refractivity contribution in [3.63, 3.8) is 0 Å². The number of rotatable bonds is 1. The van der Waals surface area contributed by atoms with Crippen molar-refractivity contribution in [2.45, 2.75) is 38.1 Å². The van der Waals surface area contributed by atoms with Crippen molar-refractivity contribution in [3.8, 4) is 5.75 Å². The van der Waals surface area contributed by atoms with Crippen LogP contribution in [0.2, 0.25) is 0 Å². The second kappa shape index (κ2) is 6.92. The molecular formula is C15H19NO3. The Balaban J connectivity index is 2.19. The number of para-hydroxylation sites is 1. The van der Waals surface area contributed by atoms with Crippen molar-refractivity contribution >= 4 is 12.2 Å². The Hall–Kier alpha value is -1.84. The zero-order valence-corrected chi connectivity index (χ0v) is 10.9. The van der Waals surface area contributed by atoms with Gasteiger partial charge in [-0.15, -0.1) is 0 Å². The lowest BCUT2D eigenvalue weighted by Crippen LogP contribution is -2.36. The van der Waals surface area contributed by atoms with E-state index in [0.29, 0.717) is 24.3 Å². The predicted molar refractivity (Wildman–Crippen MR) is 72.3 cm³/mol. The first-order chi connectivity index (χ1) is 9.31. The molecular weight excluding hydrogens is 242 g/mol. The molecule has 1 amide bonds. The Labute approximate surface area is 113 Å². The number of ether oxygens (including phenoxy) is 1. The maximum Gasteiger partial charge on any atom is 0.255 e. The fraction of sp³-hybridized carbons (Fsp3) is 0.467. The van der Waals surface area contributed by atoms with Gasteiger partial charge in [0, 0.05) is 0 Å². The molecule has 4 nitrogen and oxygen atoms in total. The van der Waals surface area contributed by atoms with E-state index in [4.69, 9.17) is 4.74 Å². The van der Waals surface area contributed by atoms with E-state index in [1.165, 1.54) is 0 Å². The Morgan fingerprint density at radius 2 is 1.95 bits per heavy atom. The van der Waals surface area contributed by atoms with E-state index in [2.05, 4.69) is 5.32 Å². The van der Waals surface area contributed by atoms with Gasteiger partial charge in [-0.05, 0) is 25.0 Å². The van der Waals surface area contributed by atoms with Crippen LogP contribution in [-0.2, 0) is 4.79 Å². The number of carbonyl (C=O) groups is 2. The molecule has 0 aromatic heterocycles. The summed E-state index contributed by atoms with van der Waals surface area (Å²) in [5.74, 6) is 0.346. The van der Waals surface area contributed by atoms with Crippen molar-refractivity contribution in [1.29, 1.82) is 0 Å². The molecule has 1 aromatic rings. The summed E-state index contributed by atoms with van der Waals surface area (Å²) in [5, 5.41) is 2.75. The van der Waals surface area contributed by atoms with Gasteiger partial charge in [-0.25, -0.2) is 0 Å². The number of hydrogen-bond acceptors (Lipinski definition) is 3. The molecule has 1 heterocycles. The summed E-state index contributed by atoms with van der Waals surface area (Å²) in [6.45, 7) is 0.626. The topological polar surface area (TPSA) is 55.4 Å². The van der Waals surface area contributed by atoms with Crippen LogP contribution in [0.1, 0.15) is 42.5 Å². The summed E-state index contributed by atoms with van der Waals surface area (Å²) in [4.78, 5) is 23.1. The highest BCUT2D eigenvalue weighted by Gasteiger charge is 2.17. The highest BCUT2D eigenvalue weighted by atomic mass is 16.5. The molecule has 2 rings (SSSR count). The fourth-order valence-corrected chi connectivity index (χ4v) is 2.20. The number of amides is 1. The third-order valence-corrected chi connectivity index (χ3v) is 3.28. The van der Waals surface area contributed by atoms with Crippen LogP contribution < -0.4 is 10.1 Å². The van der Waals surface area contributed by atoms with Gasteiger partial charge in [-0.2, -0.15) is 0 Å². The molecule has 0 radical (unpaired) electrons. The van der Waals surface area contributed by atoms with Crippen LogP contribution in [0, 0.1) is 0 Å². The zero-order valence-electron chi connectivity index (χ0n) is 10.9. The normalized spacial score (nSPS) is 21.1. The van der Waals surface area contributed by atoms with Crippen LogP contribution in [0.4, 0.5) is 0 Å². The van der Waals surface area contributed by atoms with Crippen molar-refractivity contribution in [2.75, 3.05) is 6.61 Å². The minimum atomic E-state index is -0.403. The van der Waals surface area contributed by atoms with Crippen LogP contribution in [0.5, 0.6) is 5.75 Å². The number of aldehydes is 1. The highest BCUT2D eigenvalue weighted by Crippen LogP contribution is 2.19. The molecule has 0 fully saturated rings. The Morgan fingerprint density at radius 3 is 2.79 bits per heavy atom. The van der Waals surface area contributed by atoms with E-state index in [1.54, 1.807) is 18.2 Å². The maximum absolute atomic E-state index is 12.1. The lowest BCUT2D eigenvalue weighted by atomic mass is 10.1. The first-order valence-corrected chi connectivity index (χ1v) is 6.79. The minimum absolute atomic E-state index is 0.242. The van der Waals surface area contributed by atoms with Gasteiger partial charge in [-0.3, -0.25) is 4.79 Å². The molecule has 1 aliphatic heterocycles. The summed E-state index contributed by atoms with van der Waals surface area (Å²) >= 11 is 0. The van der Waals surface area contributed by atoms with E-state index < -0.39 is 6.04 Å². The molecule has 1 N–H and O–H groups in total. The van der Waals surface area contributed by atoms with Gasteiger partial charge in [0.05, 0.1) is 18.2 Å². The average molecular weight is 261 g/mol. The van der Waals surface area contributed by atoms with Crippen molar-refractivity contribution in [1.82, 2.24) is 5.32 Å². The molecule has 1 aromatic carbocycles. The summed E-state index contributed by atoms with van der Waals surface area (Å²) in [6.07, 6.45) is 5.59. The van der Waals surface area contributed by atoms with Crippen LogP contribution in [0.15, 0.2) is 24.3 Å². The van der Waals surface area contributed by atoms with Gasteiger partial charge in [0.2, 0.25) is 0 Å². The van der Waals surface area contributed by atoms with Gasteiger partial charge < -0.3 is 14.8 Å². The van der Waals surface area contributed by atoms with E-state index in [9.17, 15) is 9.59 Å². The SMILES string of the molecule is O=C[C@@H]1CCCCCCOc2ccccc2C(=O)N1. The largest absolute Gasteiger partial charge is 0.493 e. The molecule has 102 valence electrons. The van der Waals surface area contributed by atoms with E-state index in [0.717, 1.165) is 32.0 Å².